The largest absolute Gasteiger partial charge is 0.478 e. The molecule has 94 valence electrons. The van der Waals surface area contributed by atoms with Crippen LogP contribution in [-0.2, 0) is 0 Å². The van der Waals surface area contributed by atoms with E-state index >= 15 is 0 Å². The first-order chi connectivity index (χ1) is 8.41. The highest BCUT2D eigenvalue weighted by atomic mass is 79.9. The summed E-state index contributed by atoms with van der Waals surface area (Å²) in [6.07, 6.45) is 1.71. The first-order valence-corrected chi connectivity index (χ1v) is 6.26. The molecular weight excluding hydrogens is 296 g/mol. The third kappa shape index (κ3) is 2.06. The van der Waals surface area contributed by atoms with Gasteiger partial charge < -0.3 is 9.67 Å². The van der Waals surface area contributed by atoms with Crippen LogP contribution < -0.4 is 0 Å². The number of pyridine rings is 1. The second kappa shape index (κ2) is 4.57. The number of nitrogens with zero attached hydrogens (tertiary/aromatic N) is 2. The fourth-order valence-electron chi connectivity index (χ4n) is 2.07. The van der Waals surface area contributed by atoms with Gasteiger partial charge in [-0.2, -0.15) is 0 Å². The molecule has 2 aromatic heterocycles. The van der Waals surface area contributed by atoms with Crippen LogP contribution in [0.1, 0.15) is 27.3 Å². The predicted molar refractivity (Wildman–Crippen MR) is 72.4 cm³/mol. The molecule has 0 aliphatic rings. The van der Waals surface area contributed by atoms with Crippen molar-refractivity contribution in [1.29, 1.82) is 0 Å². The molecule has 2 rings (SSSR count). The number of carboxylic acid groups (broad SMARTS) is 1. The van der Waals surface area contributed by atoms with Crippen molar-refractivity contribution in [1.82, 2.24) is 9.55 Å². The van der Waals surface area contributed by atoms with E-state index in [1.807, 2.05) is 24.5 Å². The molecule has 0 amide bonds. The zero-order valence-electron chi connectivity index (χ0n) is 10.4. The lowest BCUT2D eigenvalue weighted by Crippen LogP contribution is -2.06. The van der Waals surface area contributed by atoms with E-state index in [4.69, 9.17) is 5.11 Å². The Bertz CT molecular complexity index is 632. The van der Waals surface area contributed by atoms with Gasteiger partial charge in [-0.3, -0.25) is 0 Å². The van der Waals surface area contributed by atoms with Crippen molar-refractivity contribution >= 4 is 21.9 Å². The van der Waals surface area contributed by atoms with Crippen molar-refractivity contribution < 1.29 is 9.90 Å². The number of hydrogen-bond acceptors (Lipinski definition) is 2. The molecule has 0 radical (unpaired) electrons. The van der Waals surface area contributed by atoms with E-state index < -0.39 is 5.97 Å². The summed E-state index contributed by atoms with van der Waals surface area (Å²) in [6.45, 7) is 5.62. The fraction of sp³-hybridized carbons (Fsp3) is 0.231. The SMILES string of the molecule is Cc1cc(Br)cnc1-n1c(C)cc(C(=O)O)c1C. The van der Waals surface area contributed by atoms with Gasteiger partial charge in [0.05, 0.1) is 5.56 Å². The third-order valence-electron chi connectivity index (χ3n) is 2.89. The standard InChI is InChI=1S/C13H13BrN2O2/c1-7-4-10(14)6-15-12(7)16-8(2)5-11(9(16)3)13(17)18/h4-6H,1-3H3,(H,17,18). The summed E-state index contributed by atoms with van der Waals surface area (Å²) >= 11 is 3.37. The Kier molecular flexibility index (Phi) is 3.26. The zero-order chi connectivity index (χ0) is 13.4. The lowest BCUT2D eigenvalue weighted by atomic mass is 10.2. The third-order valence-corrected chi connectivity index (χ3v) is 3.32. The molecule has 0 saturated carbocycles. The van der Waals surface area contributed by atoms with Crippen LogP contribution in [0.25, 0.3) is 5.82 Å². The number of hydrogen-bond donors (Lipinski definition) is 1. The monoisotopic (exact) mass is 308 g/mol. The van der Waals surface area contributed by atoms with Gasteiger partial charge in [0.2, 0.25) is 0 Å². The van der Waals surface area contributed by atoms with Crippen molar-refractivity contribution in [2.24, 2.45) is 0 Å². The predicted octanol–water partition coefficient (Wildman–Crippen LogP) is 3.26. The molecule has 0 aliphatic heterocycles. The lowest BCUT2D eigenvalue weighted by molar-refractivity contribution is 0.0696. The van der Waals surface area contributed by atoms with Crippen LogP contribution in [0.15, 0.2) is 22.8 Å². The van der Waals surface area contributed by atoms with Crippen molar-refractivity contribution in [2.45, 2.75) is 20.8 Å². The average molecular weight is 309 g/mol. The molecule has 0 fully saturated rings. The molecule has 2 aromatic rings. The van der Waals surface area contributed by atoms with Gasteiger partial charge in [0.25, 0.3) is 0 Å². The number of halogens is 1. The molecule has 4 nitrogen and oxygen atoms in total. The second-order valence-corrected chi connectivity index (χ2v) is 5.14. The van der Waals surface area contributed by atoms with E-state index in [1.165, 1.54) is 0 Å². The molecule has 18 heavy (non-hydrogen) atoms. The molecule has 0 unspecified atom stereocenters. The quantitative estimate of drug-likeness (QED) is 0.926. The summed E-state index contributed by atoms with van der Waals surface area (Å²) in [7, 11) is 0. The highest BCUT2D eigenvalue weighted by Gasteiger charge is 2.17. The average Bonchev–Trinajstić information content (AvgIpc) is 2.56. The number of aromatic nitrogens is 2. The van der Waals surface area contributed by atoms with Gasteiger partial charge >= 0.3 is 5.97 Å². The first-order valence-electron chi connectivity index (χ1n) is 5.46. The minimum Gasteiger partial charge on any atom is -0.478 e. The molecule has 1 N–H and O–H groups in total. The topological polar surface area (TPSA) is 55.1 Å². The highest BCUT2D eigenvalue weighted by Crippen LogP contribution is 2.23. The van der Waals surface area contributed by atoms with E-state index in [1.54, 1.807) is 19.2 Å². The number of aromatic carboxylic acids is 1. The summed E-state index contributed by atoms with van der Waals surface area (Å²) in [5, 5.41) is 9.12. The van der Waals surface area contributed by atoms with E-state index in [0.717, 1.165) is 21.5 Å². The van der Waals surface area contributed by atoms with Crippen LogP contribution in [0.3, 0.4) is 0 Å². The molecule has 0 spiro atoms. The van der Waals surface area contributed by atoms with Crippen molar-refractivity contribution in [2.75, 3.05) is 0 Å². The van der Waals surface area contributed by atoms with Gasteiger partial charge in [-0.1, -0.05) is 0 Å². The Labute approximate surface area is 113 Å². The van der Waals surface area contributed by atoms with Crippen LogP contribution in [0.5, 0.6) is 0 Å². The second-order valence-electron chi connectivity index (χ2n) is 4.22. The maximum absolute atomic E-state index is 11.1. The smallest absolute Gasteiger partial charge is 0.337 e. The summed E-state index contributed by atoms with van der Waals surface area (Å²) in [6, 6.07) is 3.63. The fourth-order valence-corrected chi connectivity index (χ4v) is 2.52. The maximum Gasteiger partial charge on any atom is 0.337 e. The van der Waals surface area contributed by atoms with Crippen LogP contribution >= 0.6 is 15.9 Å². The Hall–Kier alpha value is -1.62. The van der Waals surface area contributed by atoms with Crippen molar-refractivity contribution in [3.8, 4) is 5.82 Å². The maximum atomic E-state index is 11.1. The van der Waals surface area contributed by atoms with E-state index in [9.17, 15) is 4.79 Å². The van der Waals surface area contributed by atoms with Crippen LogP contribution in [-0.4, -0.2) is 20.6 Å². The van der Waals surface area contributed by atoms with E-state index in [0.29, 0.717) is 11.3 Å². The minimum absolute atomic E-state index is 0.316. The molecule has 0 aliphatic carbocycles. The van der Waals surface area contributed by atoms with Crippen molar-refractivity contribution in [3.05, 3.63) is 45.3 Å². The van der Waals surface area contributed by atoms with Gasteiger partial charge in [-0.25, -0.2) is 9.78 Å². The van der Waals surface area contributed by atoms with Crippen molar-refractivity contribution in [3.63, 3.8) is 0 Å². The van der Waals surface area contributed by atoms with Gasteiger partial charge in [0, 0.05) is 22.1 Å². The highest BCUT2D eigenvalue weighted by molar-refractivity contribution is 9.10. The van der Waals surface area contributed by atoms with Crippen LogP contribution in [0.4, 0.5) is 0 Å². The van der Waals surface area contributed by atoms with E-state index in [-0.39, 0.29) is 0 Å². The number of carboxylic acids is 1. The molecule has 2 heterocycles. The Balaban J connectivity index is 2.68. The number of rotatable bonds is 2. The Morgan fingerprint density at radius 2 is 2.00 bits per heavy atom. The molecular formula is C13H13BrN2O2. The van der Waals surface area contributed by atoms with Gasteiger partial charge in [-0.05, 0) is 54.4 Å². The molecule has 0 atom stereocenters. The Morgan fingerprint density at radius 3 is 2.50 bits per heavy atom. The summed E-state index contributed by atoms with van der Waals surface area (Å²) in [5.41, 5.74) is 2.86. The number of aryl methyl sites for hydroxylation is 2. The van der Waals surface area contributed by atoms with Crippen LogP contribution in [0, 0.1) is 20.8 Å². The minimum atomic E-state index is -0.913. The lowest BCUT2D eigenvalue weighted by Gasteiger charge is -2.11. The summed E-state index contributed by atoms with van der Waals surface area (Å²) in [4.78, 5) is 15.5. The van der Waals surface area contributed by atoms with E-state index in [2.05, 4.69) is 20.9 Å². The molecule has 5 heteroatoms. The summed E-state index contributed by atoms with van der Waals surface area (Å²) < 4.78 is 2.77. The summed E-state index contributed by atoms with van der Waals surface area (Å²) in [5.74, 6) is -0.148. The first kappa shape index (κ1) is 12.8. The molecule has 0 saturated heterocycles. The van der Waals surface area contributed by atoms with Crippen LogP contribution in [0.2, 0.25) is 0 Å². The van der Waals surface area contributed by atoms with Gasteiger partial charge in [0.1, 0.15) is 5.82 Å². The number of carbonyl (C=O) groups is 1. The normalized spacial score (nSPS) is 10.7. The molecule has 0 aromatic carbocycles. The molecule has 0 bridgehead atoms. The van der Waals surface area contributed by atoms with Gasteiger partial charge in [0.15, 0.2) is 0 Å². The van der Waals surface area contributed by atoms with Gasteiger partial charge in [-0.15, -0.1) is 0 Å². The Morgan fingerprint density at radius 1 is 1.33 bits per heavy atom. The zero-order valence-corrected chi connectivity index (χ0v) is 11.9.